The second-order valence-electron chi connectivity index (χ2n) is 6.48. The predicted molar refractivity (Wildman–Crippen MR) is 101 cm³/mol. The van der Waals surface area contributed by atoms with Crippen LogP contribution in [0, 0.1) is 5.92 Å². The van der Waals surface area contributed by atoms with Crippen molar-refractivity contribution in [3.63, 3.8) is 0 Å². The molecule has 0 saturated carbocycles. The summed E-state index contributed by atoms with van der Waals surface area (Å²) in [5.41, 5.74) is 2.14. The first-order chi connectivity index (χ1) is 13.1. The minimum absolute atomic E-state index is 0.209. The zero-order valence-corrected chi connectivity index (χ0v) is 15.3. The number of hydrogen-bond acceptors (Lipinski definition) is 5. The predicted octanol–water partition coefficient (Wildman–Crippen LogP) is 2.93. The molecule has 1 aliphatic heterocycles. The first kappa shape index (κ1) is 17.4. The van der Waals surface area contributed by atoms with Crippen LogP contribution in [-0.2, 0) is 4.79 Å². The lowest BCUT2D eigenvalue weighted by molar-refractivity contribution is -0.143. The van der Waals surface area contributed by atoms with Crippen molar-refractivity contribution in [3.05, 3.63) is 53.8 Å². The number of piperidine rings is 1. The van der Waals surface area contributed by atoms with E-state index in [9.17, 15) is 14.7 Å². The highest BCUT2D eigenvalue weighted by Gasteiger charge is 2.29. The lowest BCUT2D eigenvalue weighted by atomic mass is 9.98. The van der Waals surface area contributed by atoms with Gasteiger partial charge in [0.25, 0.3) is 5.91 Å². The molecule has 0 aliphatic carbocycles. The summed E-state index contributed by atoms with van der Waals surface area (Å²) in [6, 6.07) is 9.76. The van der Waals surface area contributed by atoms with Crippen LogP contribution >= 0.6 is 11.3 Å². The fourth-order valence-electron chi connectivity index (χ4n) is 3.18. The van der Waals surface area contributed by atoms with Crippen LogP contribution in [0.25, 0.3) is 16.3 Å². The Hall–Kier alpha value is -3.00. The fourth-order valence-corrected chi connectivity index (χ4v) is 3.95. The molecule has 3 heterocycles. The highest BCUT2D eigenvalue weighted by atomic mass is 32.1. The zero-order valence-electron chi connectivity index (χ0n) is 14.5. The molecule has 1 amide bonds. The van der Waals surface area contributed by atoms with Crippen molar-refractivity contribution < 1.29 is 14.7 Å². The van der Waals surface area contributed by atoms with Crippen LogP contribution in [0.3, 0.4) is 0 Å². The molecule has 1 N–H and O–H groups in total. The van der Waals surface area contributed by atoms with Crippen LogP contribution in [0.4, 0.5) is 0 Å². The van der Waals surface area contributed by atoms with Gasteiger partial charge in [0, 0.05) is 30.2 Å². The molecule has 3 aromatic rings. The van der Waals surface area contributed by atoms with E-state index < -0.39 is 11.9 Å². The Bertz CT molecular complexity index is 966. The molecule has 0 bridgehead atoms. The van der Waals surface area contributed by atoms with Gasteiger partial charge in [0.15, 0.2) is 0 Å². The van der Waals surface area contributed by atoms with E-state index in [0.29, 0.717) is 30.1 Å². The van der Waals surface area contributed by atoms with Gasteiger partial charge < -0.3 is 10.0 Å². The number of carboxylic acids is 1. The Balaban J connectivity index is 1.51. The Morgan fingerprint density at radius 3 is 2.81 bits per heavy atom. The molecule has 1 atom stereocenters. The number of likely N-dealkylation sites (tertiary alicyclic amines) is 1. The number of aromatic nitrogens is 3. The molecule has 1 fully saturated rings. The highest BCUT2D eigenvalue weighted by Crippen LogP contribution is 2.26. The number of thiazole rings is 1. The van der Waals surface area contributed by atoms with Gasteiger partial charge in [0.05, 0.1) is 17.8 Å². The minimum Gasteiger partial charge on any atom is -0.481 e. The van der Waals surface area contributed by atoms with Gasteiger partial charge in [-0.2, -0.15) is 5.10 Å². The van der Waals surface area contributed by atoms with Gasteiger partial charge in [-0.05, 0) is 25.0 Å². The quantitative estimate of drug-likeness (QED) is 0.749. The molecule has 27 heavy (non-hydrogen) atoms. The van der Waals surface area contributed by atoms with Crippen LogP contribution in [0.1, 0.15) is 23.3 Å². The summed E-state index contributed by atoms with van der Waals surface area (Å²) in [6.07, 6.45) is 4.91. The smallest absolute Gasteiger partial charge is 0.308 e. The lowest BCUT2D eigenvalue weighted by Crippen LogP contribution is -2.42. The van der Waals surface area contributed by atoms with Crippen molar-refractivity contribution in [1.82, 2.24) is 19.7 Å². The normalized spacial score (nSPS) is 17.0. The molecule has 138 valence electrons. The van der Waals surface area contributed by atoms with E-state index in [1.807, 2.05) is 36.5 Å². The van der Waals surface area contributed by atoms with E-state index in [1.165, 1.54) is 11.3 Å². The largest absolute Gasteiger partial charge is 0.481 e. The number of rotatable bonds is 4. The number of carbonyl (C=O) groups excluding carboxylic acids is 1. The average Bonchev–Trinajstić information content (AvgIpc) is 3.38. The Morgan fingerprint density at radius 1 is 1.22 bits per heavy atom. The van der Waals surface area contributed by atoms with Crippen LogP contribution in [0.2, 0.25) is 0 Å². The summed E-state index contributed by atoms with van der Waals surface area (Å²) in [5, 5.41) is 16.0. The number of carbonyl (C=O) groups is 2. The SMILES string of the molecule is O=C(O)C1CCCN(C(=O)c2csc(-c3cnn(-c4ccccc4)c3)n2)C1. The summed E-state index contributed by atoms with van der Waals surface area (Å²) in [7, 11) is 0. The summed E-state index contributed by atoms with van der Waals surface area (Å²) >= 11 is 1.38. The van der Waals surface area contributed by atoms with E-state index in [2.05, 4.69) is 10.1 Å². The summed E-state index contributed by atoms with van der Waals surface area (Å²) in [4.78, 5) is 30.0. The lowest BCUT2D eigenvalue weighted by Gasteiger charge is -2.30. The molecule has 1 aromatic carbocycles. The van der Waals surface area contributed by atoms with Crippen LogP contribution in [0.15, 0.2) is 48.1 Å². The molecule has 7 nitrogen and oxygen atoms in total. The van der Waals surface area contributed by atoms with Crippen molar-refractivity contribution in [2.45, 2.75) is 12.8 Å². The highest BCUT2D eigenvalue weighted by molar-refractivity contribution is 7.13. The maximum Gasteiger partial charge on any atom is 0.308 e. The van der Waals surface area contributed by atoms with Gasteiger partial charge in [-0.25, -0.2) is 9.67 Å². The van der Waals surface area contributed by atoms with E-state index in [1.54, 1.807) is 21.2 Å². The van der Waals surface area contributed by atoms with Crippen LogP contribution < -0.4 is 0 Å². The van der Waals surface area contributed by atoms with Gasteiger partial charge >= 0.3 is 5.97 Å². The molecule has 8 heteroatoms. The molecular weight excluding hydrogens is 364 g/mol. The Morgan fingerprint density at radius 2 is 2.04 bits per heavy atom. The van der Waals surface area contributed by atoms with Crippen molar-refractivity contribution >= 4 is 23.2 Å². The molecule has 0 radical (unpaired) electrons. The van der Waals surface area contributed by atoms with Gasteiger partial charge in [-0.15, -0.1) is 11.3 Å². The van der Waals surface area contributed by atoms with Crippen molar-refractivity contribution in [1.29, 1.82) is 0 Å². The Labute approximate surface area is 159 Å². The van der Waals surface area contributed by atoms with Crippen LogP contribution in [0.5, 0.6) is 0 Å². The maximum atomic E-state index is 12.7. The van der Waals surface area contributed by atoms with E-state index in [4.69, 9.17) is 0 Å². The molecule has 0 spiro atoms. The molecule has 2 aromatic heterocycles. The maximum absolute atomic E-state index is 12.7. The van der Waals surface area contributed by atoms with Gasteiger partial charge in [0.2, 0.25) is 0 Å². The topological polar surface area (TPSA) is 88.3 Å². The monoisotopic (exact) mass is 382 g/mol. The van der Waals surface area contributed by atoms with Gasteiger partial charge in [-0.3, -0.25) is 9.59 Å². The number of nitrogens with zero attached hydrogens (tertiary/aromatic N) is 4. The minimum atomic E-state index is -0.847. The fraction of sp³-hybridized carbons (Fsp3) is 0.263. The number of hydrogen-bond donors (Lipinski definition) is 1. The summed E-state index contributed by atoms with van der Waals surface area (Å²) in [5.74, 6) is -1.55. The third-order valence-corrected chi connectivity index (χ3v) is 5.52. The first-order valence-electron chi connectivity index (χ1n) is 8.70. The number of carboxylic acid groups (broad SMARTS) is 1. The van der Waals surface area contributed by atoms with Gasteiger partial charge in [0.1, 0.15) is 10.7 Å². The first-order valence-corrected chi connectivity index (χ1v) is 9.58. The summed E-state index contributed by atoms with van der Waals surface area (Å²) < 4.78 is 1.76. The molecule has 4 rings (SSSR count). The third-order valence-electron chi connectivity index (χ3n) is 4.63. The molecule has 1 saturated heterocycles. The number of amides is 1. The second kappa shape index (κ2) is 7.32. The number of para-hydroxylation sites is 1. The number of aliphatic carboxylic acids is 1. The second-order valence-corrected chi connectivity index (χ2v) is 7.33. The standard InChI is InChI=1S/C19H18N4O3S/c24-18(22-8-4-5-13(10-22)19(25)26)16-12-27-17(21-16)14-9-20-23(11-14)15-6-2-1-3-7-15/h1-3,6-7,9,11-13H,4-5,8,10H2,(H,25,26). The van der Waals surface area contributed by atoms with E-state index in [0.717, 1.165) is 11.3 Å². The zero-order chi connectivity index (χ0) is 18.8. The van der Waals surface area contributed by atoms with E-state index >= 15 is 0 Å². The summed E-state index contributed by atoms with van der Waals surface area (Å²) in [6.45, 7) is 0.814. The Kier molecular flexibility index (Phi) is 4.72. The van der Waals surface area contributed by atoms with Gasteiger partial charge in [-0.1, -0.05) is 18.2 Å². The van der Waals surface area contributed by atoms with Crippen molar-refractivity contribution in [2.75, 3.05) is 13.1 Å². The third kappa shape index (κ3) is 3.61. The average molecular weight is 382 g/mol. The van der Waals surface area contributed by atoms with Crippen LogP contribution in [-0.4, -0.2) is 49.7 Å². The molecule has 1 unspecified atom stereocenters. The molecular formula is C19H18N4O3S. The van der Waals surface area contributed by atoms with Crippen molar-refractivity contribution in [3.8, 4) is 16.3 Å². The van der Waals surface area contributed by atoms with E-state index in [-0.39, 0.29) is 12.5 Å². The molecule has 1 aliphatic rings. The number of benzene rings is 1. The van der Waals surface area contributed by atoms with Crippen molar-refractivity contribution in [2.24, 2.45) is 5.92 Å².